The third kappa shape index (κ3) is 2.20. The molecule has 17 heavy (non-hydrogen) atoms. The van der Waals surface area contributed by atoms with Gasteiger partial charge < -0.3 is 0 Å². The first-order valence-electron chi connectivity index (χ1n) is 5.65. The second-order valence-corrected chi connectivity index (χ2v) is 4.97. The monoisotopic (exact) mass is 286 g/mol. The number of halogens is 1. The van der Waals surface area contributed by atoms with E-state index in [4.69, 9.17) is 0 Å². The van der Waals surface area contributed by atoms with Gasteiger partial charge in [-0.05, 0) is 47.8 Å². The summed E-state index contributed by atoms with van der Waals surface area (Å²) in [6, 6.07) is 8.34. The van der Waals surface area contributed by atoms with Crippen molar-refractivity contribution in [3.05, 3.63) is 71.3 Å². The van der Waals surface area contributed by atoms with Crippen LogP contribution in [0.3, 0.4) is 0 Å². The summed E-state index contributed by atoms with van der Waals surface area (Å²) in [4.78, 5) is 0. The van der Waals surface area contributed by atoms with Gasteiger partial charge in [-0.1, -0.05) is 58.9 Å². The number of hydrogen-bond acceptors (Lipinski definition) is 0. The number of allylic oxidation sites excluding steroid dienone is 6. The average molecular weight is 287 g/mol. The minimum atomic E-state index is 1.09. The van der Waals surface area contributed by atoms with Gasteiger partial charge in [0.05, 0.1) is 0 Å². The predicted molar refractivity (Wildman–Crippen MR) is 79.9 cm³/mol. The first kappa shape index (κ1) is 12.1. The lowest BCUT2D eigenvalue weighted by Crippen LogP contribution is -1.90. The zero-order valence-electron chi connectivity index (χ0n) is 10.1. The molecule has 2 rings (SSSR count). The highest BCUT2D eigenvalue weighted by molar-refractivity contribution is 9.15. The fourth-order valence-corrected chi connectivity index (χ4v) is 2.77. The Kier molecular flexibility index (Phi) is 3.49. The molecule has 0 bridgehead atoms. The van der Waals surface area contributed by atoms with Crippen LogP contribution in [0.2, 0.25) is 0 Å². The van der Waals surface area contributed by atoms with E-state index < -0.39 is 0 Å². The molecule has 0 fully saturated rings. The minimum absolute atomic E-state index is 1.09. The van der Waals surface area contributed by atoms with Gasteiger partial charge in [-0.15, -0.1) is 0 Å². The second kappa shape index (κ2) is 4.89. The van der Waals surface area contributed by atoms with Gasteiger partial charge in [-0.25, -0.2) is 0 Å². The molecule has 0 radical (unpaired) electrons. The third-order valence-corrected chi connectivity index (χ3v) is 3.59. The molecule has 0 nitrogen and oxygen atoms in total. The zero-order valence-corrected chi connectivity index (χ0v) is 11.7. The van der Waals surface area contributed by atoms with Crippen LogP contribution in [0.25, 0.3) is 10.1 Å². The lowest BCUT2D eigenvalue weighted by Gasteiger charge is -2.10. The van der Waals surface area contributed by atoms with E-state index in [1.54, 1.807) is 0 Å². The minimum Gasteiger partial charge on any atom is -0.0905 e. The summed E-state index contributed by atoms with van der Waals surface area (Å²) in [7, 11) is 0. The van der Waals surface area contributed by atoms with E-state index in [1.807, 2.05) is 6.92 Å². The third-order valence-electron chi connectivity index (χ3n) is 2.94. The number of hydrogen-bond donors (Lipinski definition) is 0. The van der Waals surface area contributed by atoms with E-state index in [-0.39, 0.29) is 0 Å². The maximum absolute atomic E-state index is 4.24. The van der Waals surface area contributed by atoms with Crippen molar-refractivity contribution in [1.29, 1.82) is 0 Å². The van der Waals surface area contributed by atoms with Crippen LogP contribution in [0.5, 0.6) is 0 Å². The zero-order chi connectivity index (χ0) is 12.4. The summed E-state index contributed by atoms with van der Waals surface area (Å²) in [5.74, 6) is 0. The van der Waals surface area contributed by atoms with Crippen molar-refractivity contribution in [3.63, 3.8) is 0 Å². The summed E-state index contributed by atoms with van der Waals surface area (Å²) in [5, 5.41) is 0. The van der Waals surface area contributed by atoms with Crippen molar-refractivity contribution < 1.29 is 0 Å². The molecule has 0 aliphatic heterocycles. The van der Waals surface area contributed by atoms with Crippen molar-refractivity contribution in [3.8, 4) is 0 Å². The first-order chi connectivity index (χ1) is 8.15. The molecule has 0 unspecified atom stereocenters. The topological polar surface area (TPSA) is 0 Å². The Morgan fingerprint density at radius 2 is 1.82 bits per heavy atom. The first-order valence-corrected chi connectivity index (χ1v) is 6.44. The van der Waals surface area contributed by atoms with Crippen LogP contribution in [0.1, 0.15) is 25.0 Å². The van der Waals surface area contributed by atoms with E-state index in [0.29, 0.717) is 0 Å². The quantitative estimate of drug-likeness (QED) is 0.654. The van der Waals surface area contributed by atoms with Gasteiger partial charge in [0.2, 0.25) is 0 Å². The lowest BCUT2D eigenvalue weighted by atomic mass is 9.95. The van der Waals surface area contributed by atoms with Crippen LogP contribution in [-0.2, 0) is 0 Å². The Bertz CT molecular complexity index is 557. The maximum Gasteiger partial charge on any atom is 0.0256 e. The standard InChI is InChI=1S/C16H15Br/c1-4-7-13-11(2)10-16(17)15-9-6-5-8-14(15)12(13)3/h4-10H,3H2,1-2H3/b7-4-. The molecule has 0 amide bonds. The fraction of sp³-hybridized carbons (Fsp3) is 0.125. The van der Waals surface area contributed by atoms with Crippen molar-refractivity contribution >= 4 is 26.0 Å². The van der Waals surface area contributed by atoms with Crippen LogP contribution in [0, 0.1) is 0 Å². The van der Waals surface area contributed by atoms with Gasteiger partial charge in [-0.3, -0.25) is 0 Å². The fourth-order valence-electron chi connectivity index (χ4n) is 2.08. The van der Waals surface area contributed by atoms with Crippen LogP contribution >= 0.6 is 15.9 Å². The van der Waals surface area contributed by atoms with Crippen molar-refractivity contribution in [2.75, 3.05) is 0 Å². The Labute approximate surface area is 111 Å². The molecule has 0 heterocycles. The predicted octanol–water partition coefficient (Wildman–Crippen LogP) is 5.34. The highest BCUT2D eigenvalue weighted by Gasteiger charge is 2.15. The SMILES string of the molecule is C=C1C(/C=C\C)=C(C)C=C(Br)c2ccccc21. The molecule has 1 aliphatic rings. The average Bonchev–Trinajstić information content (AvgIpc) is 2.42. The second-order valence-electron chi connectivity index (χ2n) is 4.11. The largest absolute Gasteiger partial charge is 0.0905 e. The van der Waals surface area contributed by atoms with Gasteiger partial charge in [0.25, 0.3) is 0 Å². The Hall–Kier alpha value is -1.34. The molecule has 0 spiro atoms. The van der Waals surface area contributed by atoms with Crippen molar-refractivity contribution in [1.82, 2.24) is 0 Å². The molecule has 1 aliphatic carbocycles. The molecule has 1 heteroatoms. The molecule has 86 valence electrons. The van der Waals surface area contributed by atoms with E-state index in [1.165, 1.54) is 22.3 Å². The van der Waals surface area contributed by atoms with Gasteiger partial charge >= 0.3 is 0 Å². The lowest BCUT2D eigenvalue weighted by molar-refractivity contribution is 1.46. The number of rotatable bonds is 1. The molecule has 1 aromatic rings. The molecule has 1 aromatic carbocycles. The maximum atomic E-state index is 4.24. The molecule has 0 N–H and O–H groups in total. The van der Waals surface area contributed by atoms with Crippen LogP contribution in [-0.4, -0.2) is 0 Å². The van der Waals surface area contributed by atoms with Crippen LogP contribution in [0.15, 0.2) is 60.2 Å². The molecular formula is C16H15Br. The van der Waals surface area contributed by atoms with E-state index >= 15 is 0 Å². The van der Waals surface area contributed by atoms with Gasteiger partial charge in [0.15, 0.2) is 0 Å². The van der Waals surface area contributed by atoms with Crippen molar-refractivity contribution in [2.45, 2.75) is 13.8 Å². The van der Waals surface area contributed by atoms with Crippen LogP contribution < -0.4 is 0 Å². The number of fused-ring (bicyclic) bond motifs is 1. The molecule has 0 saturated heterocycles. The summed E-state index contributed by atoms with van der Waals surface area (Å²) >= 11 is 3.65. The van der Waals surface area contributed by atoms with Gasteiger partial charge in [0, 0.05) is 4.48 Å². The summed E-state index contributed by atoms with van der Waals surface area (Å²) in [6.07, 6.45) is 6.34. The van der Waals surface area contributed by atoms with E-state index in [0.717, 1.165) is 10.1 Å². The van der Waals surface area contributed by atoms with Gasteiger partial charge in [-0.2, -0.15) is 0 Å². The van der Waals surface area contributed by atoms with Crippen molar-refractivity contribution in [2.24, 2.45) is 0 Å². The summed E-state index contributed by atoms with van der Waals surface area (Å²) in [6.45, 7) is 8.39. The summed E-state index contributed by atoms with van der Waals surface area (Å²) in [5.41, 5.74) is 5.92. The molecule has 0 atom stereocenters. The Balaban J connectivity index is 2.71. The highest BCUT2D eigenvalue weighted by Crippen LogP contribution is 2.37. The molecule has 0 saturated carbocycles. The highest BCUT2D eigenvalue weighted by atomic mass is 79.9. The van der Waals surface area contributed by atoms with E-state index in [2.05, 4.69) is 71.9 Å². The Morgan fingerprint density at radius 1 is 1.18 bits per heavy atom. The normalized spacial score (nSPS) is 15.9. The molecular weight excluding hydrogens is 272 g/mol. The van der Waals surface area contributed by atoms with Crippen LogP contribution in [0.4, 0.5) is 0 Å². The smallest absolute Gasteiger partial charge is 0.0256 e. The Morgan fingerprint density at radius 3 is 2.47 bits per heavy atom. The molecule has 0 aromatic heterocycles. The van der Waals surface area contributed by atoms with E-state index in [9.17, 15) is 0 Å². The number of benzene rings is 1. The summed E-state index contributed by atoms with van der Waals surface area (Å²) < 4.78 is 1.12. The van der Waals surface area contributed by atoms with Gasteiger partial charge in [0.1, 0.15) is 0 Å².